The van der Waals surface area contributed by atoms with Crippen LogP contribution in [0.2, 0.25) is 0 Å². The molecule has 2 fully saturated rings. The highest BCUT2D eigenvalue weighted by Gasteiger charge is 2.43. The molecular formula is C25H32N2O2. The Bertz CT molecular complexity index is 769. The van der Waals surface area contributed by atoms with Crippen molar-refractivity contribution in [3.63, 3.8) is 0 Å². The smallest absolute Gasteiger partial charge is 0.223 e. The number of rotatable bonds is 5. The maximum absolute atomic E-state index is 13.3. The van der Waals surface area contributed by atoms with Gasteiger partial charge in [-0.1, -0.05) is 60.7 Å². The SMILES string of the molecule is CN(C)[C@@H]1C[C@@H]2CN(C(=O)CC(c3ccccc3)c3ccccc3)C[C@@H]2C[C@H]1O. The van der Waals surface area contributed by atoms with Crippen LogP contribution in [0.15, 0.2) is 60.7 Å². The maximum Gasteiger partial charge on any atom is 0.223 e. The first-order valence-electron chi connectivity index (χ1n) is 10.7. The van der Waals surface area contributed by atoms with E-state index < -0.39 is 0 Å². The van der Waals surface area contributed by atoms with Gasteiger partial charge in [-0.3, -0.25) is 4.79 Å². The summed E-state index contributed by atoms with van der Waals surface area (Å²) >= 11 is 0. The number of carbonyl (C=O) groups is 1. The second-order valence-electron chi connectivity index (χ2n) is 8.97. The number of amides is 1. The topological polar surface area (TPSA) is 43.8 Å². The Morgan fingerprint density at radius 3 is 2.00 bits per heavy atom. The minimum atomic E-state index is -0.289. The highest BCUT2D eigenvalue weighted by molar-refractivity contribution is 5.78. The molecule has 1 saturated heterocycles. The number of benzene rings is 2. The van der Waals surface area contributed by atoms with E-state index in [1.165, 1.54) is 11.1 Å². The average Bonchev–Trinajstić information content (AvgIpc) is 3.15. The third kappa shape index (κ3) is 4.39. The van der Waals surface area contributed by atoms with E-state index in [0.717, 1.165) is 25.9 Å². The monoisotopic (exact) mass is 392 g/mol. The van der Waals surface area contributed by atoms with Gasteiger partial charge in [-0.15, -0.1) is 0 Å². The number of hydrogen-bond acceptors (Lipinski definition) is 3. The first kappa shape index (κ1) is 20.1. The highest BCUT2D eigenvalue weighted by Crippen LogP contribution is 2.39. The Morgan fingerprint density at radius 2 is 1.48 bits per heavy atom. The predicted molar refractivity (Wildman–Crippen MR) is 116 cm³/mol. The lowest BCUT2D eigenvalue weighted by Gasteiger charge is -2.38. The molecule has 0 aromatic heterocycles. The van der Waals surface area contributed by atoms with E-state index in [1.807, 2.05) is 50.5 Å². The number of hydrogen-bond donors (Lipinski definition) is 1. The van der Waals surface area contributed by atoms with E-state index in [1.54, 1.807) is 0 Å². The number of nitrogens with zero attached hydrogens (tertiary/aromatic N) is 2. The lowest BCUT2D eigenvalue weighted by molar-refractivity contribution is -0.130. The van der Waals surface area contributed by atoms with Crippen LogP contribution in [-0.2, 0) is 4.79 Å². The quantitative estimate of drug-likeness (QED) is 0.849. The largest absolute Gasteiger partial charge is 0.391 e. The molecular weight excluding hydrogens is 360 g/mol. The van der Waals surface area contributed by atoms with Gasteiger partial charge >= 0.3 is 0 Å². The summed E-state index contributed by atoms with van der Waals surface area (Å²) in [4.78, 5) is 17.5. The highest BCUT2D eigenvalue weighted by atomic mass is 16.3. The molecule has 0 spiro atoms. The van der Waals surface area contributed by atoms with Gasteiger partial charge in [0.1, 0.15) is 0 Å². The van der Waals surface area contributed by atoms with Crippen LogP contribution in [-0.4, -0.2) is 60.1 Å². The van der Waals surface area contributed by atoms with Crippen LogP contribution in [0.3, 0.4) is 0 Å². The van der Waals surface area contributed by atoms with E-state index in [2.05, 4.69) is 34.1 Å². The molecule has 4 nitrogen and oxygen atoms in total. The van der Waals surface area contributed by atoms with Crippen molar-refractivity contribution in [1.82, 2.24) is 9.80 Å². The molecule has 0 unspecified atom stereocenters. The molecule has 4 heteroatoms. The zero-order valence-electron chi connectivity index (χ0n) is 17.4. The number of aliphatic hydroxyl groups excluding tert-OH is 1. The Kier molecular flexibility index (Phi) is 6.02. The molecule has 4 atom stereocenters. The van der Waals surface area contributed by atoms with Crippen LogP contribution in [0, 0.1) is 11.8 Å². The fourth-order valence-electron chi connectivity index (χ4n) is 5.27. The van der Waals surface area contributed by atoms with Crippen LogP contribution >= 0.6 is 0 Å². The van der Waals surface area contributed by atoms with Crippen LogP contribution in [0.5, 0.6) is 0 Å². The summed E-state index contributed by atoms with van der Waals surface area (Å²) in [6, 6.07) is 20.9. The zero-order valence-corrected chi connectivity index (χ0v) is 17.4. The van der Waals surface area contributed by atoms with Crippen molar-refractivity contribution < 1.29 is 9.90 Å². The van der Waals surface area contributed by atoms with Crippen LogP contribution in [0.25, 0.3) is 0 Å². The number of aliphatic hydroxyl groups is 1. The summed E-state index contributed by atoms with van der Waals surface area (Å²) in [5.41, 5.74) is 2.37. The minimum absolute atomic E-state index is 0.0765. The molecule has 2 aromatic carbocycles. The fraction of sp³-hybridized carbons (Fsp3) is 0.480. The van der Waals surface area contributed by atoms with Crippen LogP contribution < -0.4 is 0 Å². The molecule has 2 aliphatic rings. The Balaban J connectivity index is 1.48. The number of likely N-dealkylation sites (tertiary alicyclic amines) is 1. The van der Waals surface area contributed by atoms with Gasteiger partial charge in [0, 0.05) is 31.5 Å². The van der Waals surface area contributed by atoms with Gasteiger partial charge in [-0.2, -0.15) is 0 Å². The van der Waals surface area contributed by atoms with E-state index in [-0.39, 0.29) is 24.0 Å². The first-order valence-corrected chi connectivity index (χ1v) is 10.7. The van der Waals surface area contributed by atoms with E-state index in [9.17, 15) is 9.90 Å². The van der Waals surface area contributed by atoms with Crippen molar-refractivity contribution in [2.75, 3.05) is 27.2 Å². The Hall–Kier alpha value is -2.17. The normalized spacial score (nSPS) is 26.7. The van der Waals surface area contributed by atoms with Crippen molar-refractivity contribution >= 4 is 5.91 Å². The molecule has 2 aromatic rings. The summed E-state index contributed by atoms with van der Waals surface area (Å²) in [7, 11) is 4.08. The summed E-state index contributed by atoms with van der Waals surface area (Å²) in [5.74, 6) is 1.24. The molecule has 29 heavy (non-hydrogen) atoms. The third-order valence-electron chi connectivity index (χ3n) is 6.91. The van der Waals surface area contributed by atoms with Gasteiger partial charge in [0.2, 0.25) is 5.91 Å². The van der Waals surface area contributed by atoms with E-state index in [0.29, 0.717) is 18.3 Å². The molecule has 1 N–H and O–H groups in total. The molecule has 4 rings (SSSR count). The number of fused-ring (bicyclic) bond motifs is 1. The van der Waals surface area contributed by atoms with Crippen LogP contribution in [0.4, 0.5) is 0 Å². The second-order valence-corrected chi connectivity index (χ2v) is 8.97. The third-order valence-corrected chi connectivity index (χ3v) is 6.91. The van der Waals surface area contributed by atoms with Gasteiger partial charge in [-0.25, -0.2) is 0 Å². The van der Waals surface area contributed by atoms with Crippen molar-refractivity contribution in [3.05, 3.63) is 71.8 Å². The molecule has 1 aliphatic heterocycles. The molecule has 154 valence electrons. The van der Waals surface area contributed by atoms with Crippen molar-refractivity contribution in [3.8, 4) is 0 Å². The van der Waals surface area contributed by atoms with Crippen molar-refractivity contribution in [1.29, 1.82) is 0 Å². The van der Waals surface area contributed by atoms with E-state index in [4.69, 9.17) is 0 Å². The number of likely N-dealkylation sites (N-methyl/N-ethyl adjacent to an activating group) is 1. The fourth-order valence-corrected chi connectivity index (χ4v) is 5.27. The van der Waals surface area contributed by atoms with E-state index >= 15 is 0 Å². The van der Waals surface area contributed by atoms with Crippen LogP contribution in [0.1, 0.15) is 36.3 Å². The maximum atomic E-state index is 13.3. The Morgan fingerprint density at radius 1 is 0.966 bits per heavy atom. The summed E-state index contributed by atoms with van der Waals surface area (Å²) in [6.45, 7) is 1.62. The molecule has 0 bridgehead atoms. The lowest BCUT2D eigenvalue weighted by Crippen LogP contribution is -2.46. The van der Waals surface area contributed by atoms with Crippen molar-refractivity contribution in [2.45, 2.75) is 37.3 Å². The Labute approximate surface area is 174 Å². The van der Waals surface area contributed by atoms with Gasteiger partial charge in [0.15, 0.2) is 0 Å². The molecule has 1 aliphatic carbocycles. The second kappa shape index (κ2) is 8.68. The molecule has 0 radical (unpaired) electrons. The number of carbonyl (C=O) groups excluding carboxylic acids is 1. The molecule has 1 saturated carbocycles. The summed E-state index contributed by atoms with van der Waals surface area (Å²) < 4.78 is 0. The zero-order chi connectivity index (χ0) is 20.4. The van der Waals surface area contributed by atoms with Gasteiger partial charge in [-0.05, 0) is 49.9 Å². The van der Waals surface area contributed by atoms with Crippen molar-refractivity contribution in [2.24, 2.45) is 11.8 Å². The predicted octanol–water partition coefficient (Wildman–Crippen LogP) is 3.37. The average molecular weight is 393 g/mol. The van der Waals surface area contributed by atoms with Gasteiger partial charge in [0.05, 0.1) is 6.10 Å². The first-order chi connectivity index (χ1) is 14.0. The molecule has 1 heterocycles. The summed E-state index contributed by atoms with van der Waals surface area (Å²) in [6.07, 6.45) is 1.98. The minimum Gasteiger partial charge on any atom is -0.391 e. The molecule has 1 amide bonds. The summed E-state index contributed by atoms with van der Waals surface area (Å²) in [5, 5.41) is 10.5. The lowest BCUT2D eigenvalue weighted by atomic mass is 9.77. The standard InChI is InChI=1S/C25H32N2O2/c1-26(2)23-13-20-16-27(17-21(20)14-24(23)28)25(29)15-22(18-9-5-3-6-10-18)19-11-7-4-8-12-19/h3-12,20-24,28H,13-17H2,1-2H3/t20-,21+,23-,24-/m1/s1. The van der Waals surface area contributed by atoms with Gasteiger partial charge < -0.3 is 14.9 Å². The van der Waals surface area contributed by atoms with Gasteiger partial charge in [0.25, 0.3) is 0 Å².